The molecule has 2 rings (SSSR count). The Labute approximate surface area is 113 Å². The van der Waals surface area contributed by atoms with Crippen molar-refractivity contribution in [3.05, 3.63) is 44.7 Å². The van der Waals surface area contributed by atoms with Gasteiger partial charge in [0.2, 0.25) is 0 Å². The lowest BCUT2D eigenvalue weighted by Gasteiger charge is -2.11. The summed E-state index contributed by atoms with van der Waals surface area (Å²) in [4.78, 5) is 2.92. The molecule has 0 aliphatic heterocycles. The number of nitrogens with one attached hydrogen (secondary N) is 1. The summed E-state index contributed by atoms with van der Waals surface area (Å²) in [5, 5.41) is 0.473. The first-order chi connectivity index (χ1) is 8.04. The normalized spacial score (nSPS) is 10.8. The van der Waals surface area contributed by atoms with Gasteiger partial charge in [-0.25, -0.2) is 4.39 Å². The largest absolute Gasteiger partial charge is 0.337 e. The summed E-state index contributed by atoms with van der Waals surface area (Å²) in [6, 6.07) is 2.44. The Morgan fingerprint density at radius 2 is 1.94 bits per heavy atom. The number of benzene rings is 1. The topological polar surface area (TPSA) is 20.7 Å². The Morgan fingerprint density at radius 1 is 1.35 bits per heavy atom. The first-order valence-electron chi connectivity index (χ1n) is 4.98. The summed E-state index contributed by atoms with van der Waals surface area (Å²) in [6.45, 7) is 1.99. The van der Waals surface area contributed by atoms with Crippen LogP contribution in [0.3, 0.4) is 0 Å². The number of aromatic nitrogens is 2. The number of hydrogen-bond acceptors (Lipinski definition) is 1. The lowest BCUT2D eigenvalue weighted by Crippen LogP contribution is -2.01. The fourth-order valence-corrected chi connectivity index (χ4v) is 2.56. The molecule has 90 valence electrons. The molecular weight excluding hydrogens is 282 g/mol. The maximum absolute atomic E-state index is 13.1. The van der Waals surface area contributed by atoms with Gasteiger partial charge in [-0.1, -0.05) is 30.1 Å². The van der Waals surface area contributed by atoms with E-state index in [9.17, 15) is 4.39 Å². The average Bonchev–Trinajstić information content (AvgIpc) is 2.59. The predicted molar refractivity (Wildman–Crippen MR) is 70.3 cm³/mol. The zero-order chi connectivity index (χ0) is 12.6. The highest BCUT2D eigenvalue weighted by molar-refractivity contribution is 7.71. The fourth-order valence-electron chi connectivity index (χ4n) is 1.66. The fraction of sp³-hybridized carbons (Fsp3) is 0.182. The summed E-state index contributed by atoms with van der Waals surface area (Å²) in [6.07, 6.45) is 2.55. The van der Waals surface area contributed by atoms with Gasteiger partial charge in [-0.2, -0.15) is 0 Å². The van der Waals surface area contributed by atoms with E-state index in [-0.39, 0.29) is 10.0 Å². The molecule has 0 aliphatic carbocycles. The average molecular weight is 291 g/mol. The van der Waals surface area contributed by atoms with Crippen molar-refractivity contribution in [2.24, 2.45) is 0 Å². The lowest BCUT2D eigenvalue weighted by molar-refractivity contribution is 0.627. The summed E-state index contributed by atoms with van der Waals surface area (Å²) in [5.74, 6) is -0.469. The molecule has 17 heavy (non-hydrogen) atoms. The monoisotopic (exact) mass is 290 g/mol. The number of rotatable bonds is 2. The van der Waals surface area contributed by atoms with Gasteiger partial charge in [0.25, 0.3) is 0 Å². The van der Waals surface area contributed by atoms with Crippen LogP contribution in [0.1, 0.15) is 12.6 Å². The van der Waals surface area contributed by atoms with Crippen LogP contribution in [0.15, 0.2) is 18.3 Å². The van der Waals surface area contributed by atoms with E-state index in [0.717, 1.165) is 12.1 Å². The second-order valence-electron chi connectivity index (χ2n) is 3.49. The number of aromatic amines is 1. The van der Waals surface area contributed by atoms with Gasteiger partial charge < -0.3 is 4.98 Å². The van der Waals surface area contributed by atoms with E-state index in [1.54, 1.807) is 10.8 Å². The Bertz CT molecular complexity index is 595. The summed E-state index contributed by atoms with van der Waals surface area (Å²) >= 11 is 17.2. The van der Waals surface area contributed by atoms with Gasteiger partial charge in [0.05, 0.1) is 15.7 Å². The van der Waals surface area contributed by atoms with Crippen LogP contribution in [0.4, 0.5) is 4.39 Å². The van der Waals surface area contributed by atoms with Crippen molar-refractivity contribution in [2.75, 3.05) is 0 Å². The summed E-state index contributed by atoms with van der Waals surface area (Å²) in [5.41, 5.74) is 1.45. The zero-order valence-electron chi connectivity index (χ0n) is 8.93. The molecule has 1 aromatic carbocycles. The van der Waals surface area contributed by atoms with Crippen molar-refractivity contribution >= 4 is 35.4 Å². The molecule has 0 bridgehead atoms. The van der Waals surface area contributed by atoms with Gasteiger partial charge in [0, 0.05) is 11.9 Å². The minimum atomic E-state index is -0.469. The number of nitrogens with zero attached hydrogens (tertiary/aromatic N) is 1. The molecule has 1 aromatic heterocycles. The van der Waals surface area contributed by atoms with Crippen LogP contribution >= 0.6 is 35.4 Å². The molecule has 0 saturated heterocycles. The Kier molecular flexibility index (Phi) is 3.56. The highest BCUT2D eigenvalue weighted by Gasteiger charge is 2.14. The smallest absolute Gasteiger partial charge is 0.182 e. The minimum Gasteiger partial charge on any atom is -0.337 e. The highest BCUT2D eigenvalue weighted by Crippen LogP contribution is 2.31. The molecule has 0 amide bonds. The minimum absolute atomic E-state index is 0.236. The van der Waals surface area contributed by atoms with Crippen molar-refractivity contribution in [3.63, 3.8) is 0 Å². The van der Waals surface area contributed by atoms with Crippen LogP contribution in [0.25, 0.3) is 5.69 Å². The molecule has 0 aliphatic rings. The number of hydrogen-bond donors (Lipinski definition) is 1. The molecule has 0 spiro atoms. The van der Waals surface area contributed by atoms with Crippen molar-refractivity contribution < 1.29 is 4.39 Å². The molecule has 0 unspecified atom stereocenters. The van der Waals surface area contributed by atoms with Crippen LogP contribution in [0.2, 0.25) is 10.0 Å². The Balaban J connectivity index is 2.77. The van der Waals surface area contributed by atoms with E-state index >= 15 is 0 Å². The second kappa shape index (κ2) is 4.80. The van der Waals surface area contributed by atoms with Crippen LogP contribution in [0.5, 0.6) is 0 Å². The number of halogens is 3. The molecule has 0 saturated carbocycles. The van der Waals surface area contributed by atoms with Crippen LogP contribution in [-0.4, -0.2) is 9.55 Å². The molecule has 6 heteroatoms. The maximum atomic E-state index is 13.1. The van der Waals surface area contributed by atoms with E-state index in [4.69, 9.17) is 35.4 Å². The lowest BCUT2D eigenvalue weighted by atomic mass is 10.2. The van der Waals surface area contributed by atoms with Crippen molar-refractivity contribution in [1.29, 1.82) is 0 Å². The first-order valence-corrected chi connectivity index (χ1v) is 6.15. The molecule has 2 nitrogen and oxygen atoms in total. The highest BCUT2D eigenvalue weighted by atomic mass is 35.5. The predicted octanol–water partition coefficient (Wildman–Crippen LogP) is 4.54. The van der Waals surface area contributed by atoms with Crippen LogP contribution in [0, 0.1) is 10.6 Å². The SMILES string of the molecule is CCc1c[nH]c(=S)n1-c1c(Cl)cc(F)cc1Cl. The van der Waals surface area contributed by atoms with E-state index in [0.29, 0.717) is 10.5 Å². The maximum Gasteiger partial charge on any atom is 0.182 e. The number of H-pyrrole nitrogens is 1. The molecule has 2 aromatic rings. The third-order valence-corrected chi connectivity index (χ3v) is 3.30. The van der Waals surface area contributed by atoms with Gasteiger partial charge in [-0.15, -0.1) is 0 Å². The third kappa shape index (κ3) is 2.25. The van der Waals surface area contributed by atoms with Gasteiger partial charge in [-0.3, -0.25) is 4.57 Å². The van der Waals surface area contributed by atoms with Gasteiger partial charge in [-0.05, 0) is 30.8 Å². The van der Waals surface area contributed by atoms with E-state index in [1.807, 2.05) is 6.92 Å². The van der Waals surface area contributed by atoms with Gasteiger partial charge in [0.15, 0.2) is 4.77 Å². The molecule has 1 N–H and O–H groups in total. The van der Waals surface area contributed by atoms with E-state index < -0.39 is 5.82 Å². The number of aryl methyl sites for hydroxylation is 1. The molecule has 0 radical (unpaired) electrons. The van der Waals surface area contributed by atoms with Crippen LogP contribution in [-0.2, 0) is 6.42 Å². The molecular formula is C11H9Cl2FN2S. The first kappa shape index (κ1) is 12.6. The van der Waals surface area contributed by atoms with Crippen molar-refractivity contribution in [2.45, 2.75) is 13.3 Å². The number of imidazole rings is 1. The van der Waals surface area contributed by atoms with Crippen molar-refractivity contribution in [1.82, 2.24) is 9.55 Å². The van der Waals surface area contributed by atoms with E-state index in [1.165, 1.54) is 12.1 Å². The van der Waals surface area contributed by atoms with Gasteiger partial charge in [0.1, 0.15) is 5.82 Å². The Hall–Kier alpha value is -0.840. The second-order valence-corrected chi connectivity index (χ2v) is 4.69. The summed E-state index contributed by atoms with van der Waals surface area (Å²) in [7, 11) is 0. The standard InChI is InChI=1S/C11H9Cl2FN2S/c1-2-7-5-15-11(17)16(7)10-8(12)3-6(14)4-9(10)13/h3-5H,2H2,1H3,(H,15,17). The van der Waals surface area contributed by atoms with Crippen molar-refractivity contribution in [3.8, 4) is 5.69 Å². The molecule has 0 atom stereocenters. The van der Waals surface area contributed by atoms with Crippen LogP contribution < -0.4 is 0 Å². The van der Waals surface area contributed by atoms with Gasteiger partial charge >= 0.3 is 0 Å². The molecule has 1 heterocycles. The quantitative estimate of drug-likeness (QED) is 0.805. The summed E-state index contributed by atoms with van der Waals surface area (Å²) < 4.78 is 15.3. The Morgan fingerprint density at radius 3 is 2.47 bits per heavy atom. The zero-order valence-corrected chi connectivity index (χ0v) is 11.3. The third-order valence-electron chi connectivity index (χ3n) is 2.42. The van der Waals surface area contributed by atoms with E-state index in [2.05, 4.69) is 4.98 Å². The molecule has 0 fully saturated rings.